The normalized spacial score (nSPS) is 25.2. The minimum Gasteiger partial charge on any atom is -0.372 e. The quantitative estimate of drug-likeness (QED) is 0.790. The Labute approximate surface area is 171 Å². The Bertz CT molecular complexity index is 986. The lowest BCUT2D eigenvalue weighted by Gasteiger charge is -2.30. The van der Waals surface area contributed by atoms with Crippen molar-refractivity contribution in [2.24, 2.45) is 11.8 Å². The lowest BCUT2D eigenvalue weighted by Crippen LogP contribution is -2.37. The third-order valence-electron chi connectivity index (χ3n) is 6.87. The summed E-state index contributed by atoms with van der Waals surface area (Å²) in [4.78, 5) is 29.7. The second-order valence-corrected chi connectivity index (χ2v) is 8.54. The second-order valence-electron chi connectivity index (χ2n) is 8.54. The number of benzene rings is 2. The van der Waals surface area contributed by atoms with Crippen LogP contribution in [-0.2, 0) is 22.7 Å². The summed E-state index contributed by atoms with van der Waals surface area (Å²) in [7, 11) is 0. The summed E-state index contributed by atoms with van der Waals surface area (Å²) < 4.78 is 5.56. The highest BCUT2D eigenvalue weighted by atomic mass is 16.5. The van der Waals surface area contributed by atoms with Crippen LogP contribution in [0.25, 0.3) is 0 Å². The van der Waals surface area contributed by atoms with Crippen LogP contribution in [0.2, 0.25) is 0 Å². The first-order chi connectivity index (χ1) is 14.0. The summed E-state index contributed by atoms with van der Waals surface area (Å²) in [6, 6.07) is 14.3. The van der Waals surface area contributed by atoms with Crippen molar-refractivity contribution in [1.82, 2.24) is 9.80 Å². The van der Waals surface area contributed by atoms with Crippen LogP contribution >= 0.6 is 0 Å². The van der Waals surface area contributed by atoms with Crippen molar-refractivity contribution in [1.29, 1.82) is 0 Å². The molecule has 5 nitrogen and oxygen atoms in total. The summed E-state index contributed by atoms with van der Waals surface area (Å²) >= 11 is 0. The first-order valence-electron chi connectivity index (χ1n) is 10.3. The molecule has 0 saturated carbocycles. The SMILES string of the molecule is CC(=O)N1C[C@H]2CN(C(=O)c3cccc4c3COC4)C[C@H]2[C@H]1c1ccccc1C. The zero-order valence-corrected chi connectivity index (χ0v) is 16.9. The van der Waals surface area contributed by atoms with Crippen LogP contribution in [-0.4, -0.2) is 41.2 Å². The average Bonchev–Trinajstić information content (AvgIpc) is 3.41. The molecular formula is C24H26N2O3. The van der Waals surface area contributed by atoms with E-state index in [4.69, 9.17) is 4.74 Å². The number of aryl methyl sites for hydroxylation is 1. The van der Waals surface area contributed by atoms with Gasteiger partial charge in [0.2, 0.25) is 5.91 Å². The van der Waals surface area contributed by atoms with Gasteiger partial charge in [-0.3, -0.25) is 9.59 Å². The number of rotatable bonds is 2. The van der Waals surface area contributed by atoms with Gasteiger partial charge in [0, 0.05) is 44.0 Å². The first kappa shape index (κ1) is 18.4. The largest absolute Gasteiger partial charge is 0.372 e. The van der Waals surface area contributed by atoms with Crippen molar-refractivity contribution in [3.8, 4) is 0 Å². The summed E-state index contributed by atoms with van der Waals surface area (Å²) in [5, 5.41) is 0. The molecule has 3 aliphatic heterocycles. The molecule has 5 rings (SSSR count). The average molecular weight is 390 g/mol. The summed E-state index contributed by atoms with van der Waals surface area (Å²) in [6.45, 7) is 6.98. The molecule has 2 aromatic carbocycles. The van der Waals surface area contributed by atoms with E-state index in [1.165, 1.54) is 11.1 Å². The molecule has 2 aromatic rings. The van der Waals surface area contributed by atoms with Crippen LogP contribution in [0.4, 0.5) is 0 Å². The molecule has 2 amide bonds. The highest BCUT2D eigenvalue weighted by molar-refractivity contribution is 5.96. The Morgan fingerprint density at radius 2 is 1.83 bits per heavy atom. The molecule has 0 bridgehead atoms. The van der Waals surface area contributed by atoms with Crippen molar-refractivity contribution < 1.29 is 14.3 Å². The van der Waals surface area contributed by atoms with E-state index < -0.39 is 0 Å². The number of fused-ring (bicyclic) bond motifs is 2. The number of hydrogen-bond acceptors (Lipinski definition) is 3. The molecule has 2 saturated heterocycles. The molecule has 0 spiro atoms. The Hall–Kier alpha value is -2.66. The van der Waals surface area contributed by atoms with Crippen LogP contribution in [0.3, 0.4) is 0 Å². The molecule has 5 heteroatoms. The fourth-order valence-corrected chi connectivity index (χ4v) is 5.43. The minimum atomic E-state index is 0.0429. The highest BCUT2D eigenvalue weighted by Crippen LogP contribution is 2.46. The third-order valence-corrected chi connectivity index (χ3v) is 6.87. The van der Waals surface area contributed by atoms with Crippen molar-refractivity contribution >= 4 is 11.8 Å². The van der Waals surface area contributed by atoms with Gasteiger partial charge in [0.25, 0.3) is 5.91 Å². The molecule has 150 valence electrons. The molecule has 0 aromatic heterocycles. The van der Waals surface area contributed by atoms with Gasteiger partial charge in [-0.25, -0.2) is 0 Å². The van der Waals surface area contributed by atoms with Gasteiger partial charge in [-0.05, 0) is 35.2 Å². The molecule has 0 N–H and O–H groups in total. The van der Waals surface area contributed by atoms with E-state index >= 15 is 0 Å². The zero-order chi connectivity index (χ0) is 20.1. The predicted molar refractivity (Wildman–Crippen MR) is 109 cm³/mol. The number of carbonyl (C=O) groups is 2. The van der Waals surface area contributed by atoms with Gasteiger partial charge in [0.05, 0.1) is 19.3 Å². The highest BCUT2D eigenvalue weighted by Gasteiger charge is 2.49. The summed E-state index contributed by atoms with van der Waals surface area (Å²) in [5.74, 6) is 0.806. The lowest BCUT2D eigenvalue weighted by atomic mass is 9.87. The van der Waals surface area contributed by atoms with E-state index in [2.05, 4.69) is 19.1 Å². The molecule has 3 aliphatic rings. The Kier molecular flexibility index (Phi) is 4.43. The van der Waals surface area contributed by atoms with Gasteiger partial charge < -0.3 is 14.5 Å². The number of nitrogens with zero attached hydrogens (tertiary/aromatic N) is 2. The van der Waals surface area contributed by atoms with Gasteiger partial charge in [0.1, 0.15) is 0 Å². The maximum atomic E-state index is 13.4. The predicted octanol–water partition coefficient (Wildman–Crippen LogP) is 3.32. The van der Waals surface area contributed by atoms with Gasteiger partial charge in [0.15, 0.2) is 0 Å². The van der Waals surface area contributed by atoms with Crippen molar-refractivity contribution in [3.63, 3.8) is 0 Å². The molecule has 0 unspecified atom stereocenters. The fraction of sp³-hybridized carbons (Fsp3) is 0.417. The Morgan fingerprint density at radius 3 is 2.62 bits per heavy atom. The van der Waals surface area contributed by atoms with Gasteiger partial charge in [-0.15, -0.1) is 0 Å². The number of amides is 2. The molecule has 3 heterocycles. The Balaban J connectivity index is 1.44. The number of carbonyl (C=O) groups excluding carboxylic acids is 2. The minimum absolute atomic E-state index is 0.0429. The van der Waals surface area contributed by atoms with E-state index in [-0.39, 0.29) is 23.8 Å². The van der Waals surface area contributed by atoms with Crippen LogP contribution in [0, 0.1) is 18.8 Å². The van der Waals surface area contributed by atoms with Gasteiger partial charge >= 0.3 is 0 Å². The molecule has 0 aliphatic carbocycles. The first-order valence-corrected chi connectivity index (χ1v) is 10.3. The van der Waals surface area contributed by atoms with Gasteiger partial charge in [-0.1, -0.05) is 36.4 Å². The van der Waals surface area contributed by atoms with Crippen molar-refractivity contribution in [2.75, 3.05) is 19.6 Å². The maximum Gasteiger partial charge on any atom is 0.254 e. The lowest BCUT2D eigenvalue weighted by molar-refractivity contribution is -0.130. The molecule has 2 fully saturated rings. The van der Waals surface area contributed by atoms with Crippen LogP contribution in [0.5, 0.6) is 0 Å². The number of likely N-dealkylation sites (tertiary alicyclic amines) is 2. The van der Waals surface area contributed by atoms with E-state index in [1.807, 2.05) is 40.1 Å². The monoisotopic (exact) mass is 390 g/mol. The molecule has 3 atom stereocenters. The zero-order valence-electron chi connectivity index (χ0n) is 16.9. The smallest absolute Gasteiger partial charge is 0.254 e. The van der Waals surface area contributed by atoms with E-state index in [1.54, 1.807) is 6.92 Å². The molecule has 0 radical (unpaired) electrons. The van der Waals surface area contributed by atoms with Crippen LogP contribution in [0.15, 0.2) is 42.5 Å². The Morgan fingerprint density at radius 1 is 1.00 bits per heavy atom. The van der Waals surface area contributed by atoms with Crippen molar-refractivity contribution in [3.05, 3.63) is 70.3 Å². The van der Waals surface area contributed by atoms with E-state index in [0.717, 1.165) is 23.2 Å². The van der Waals surface area contributed by atoms with Gasteiger partial charge in [-0.2, -0.15) is 0 Å². The second kappa shape index (κ2) is 6.99. The van der Waals surface area contributed by atoms with Crippen LogP contribution in [0.1, 0.15) is 45.6 Å². The maximum absolute atomic E-state index is 13.4. The molecule has 29 heavy (non-hydrogen) atoms. The summed E-state index contributed by atoms with van der Waals surface area (Å²) in [5.41, 5.74) is 5.34. The molecular weight excluding hydrogens is 364 g/mol. The number of ether oxygens (including phenoxy) is 1. The van der Waals surface area contributed by atoms with E-state index in [9.17, 15) is 9.59 Å². The van der Waals surface area contributed by atoms with Crippen molar-refractivity contribution in [2.45, 2.75) is 33.1 Å². The third kappa shape index (κ3) is 2.96. The van der Waals surface area contributed by atoms with E-state index in [0.29, 0.717) is 32.2 Å². The topological polar surface area (TPSA) is 49.9 Å². The standard InChI is InChI=1S/C24H26N2O3/c1-15-6-3-4-8-19(15)23-21-12-25(10-18(21)11-26(23)16(2)27)24(28)20-9-5-7-17-13-29-14-22(17)20/h3-9,18,21,23H,10-14H2,1-2H3/t18-,21-,23-/m1/s1. The van der Waals surface area contributed by atoms with Crippen LogP contribution < -0.4 is 0 Å². The fourth-order valence-electron chi connectivity index (χ4n) is 5.43. The number of hydrogen-bond donors (Lipinski definition) is 0. The summed E-state index contributed by atoms with van der Waals surface area (Å²) in [6.07, 6.45) is 0.